The van der Waals surface area contributed by atoms with Crippen molar-refractivity contribution in [1.82, 2.24) is 19.6 Å². The maximum Gasteiger partial charge on any atom is 0.306 e. The molecule has 0 atom stereocenters. The summed E-state index contributed by atoms with van der Waals surface area (Å²) in [5.41, 5.74) is 10.8. The number of nitrogens with zero attached hydrogens (tertiary/aromatic N) is 4. The number of carboxylic acid groups (broad SMARTS) is 1. The Morgan fingerprint density at radius 1 is 1.26 bits per heavy atom. The normalized spacial score (nSPS) is 20.1. The minimum atomic E-state index is -0.708. The molecular weight excluding hydrogens is 410 g/mol. The average molecular weight is 430 g/mol. The van der Waals surface area contributed by atoms with Gasteiger partial charge in [-0.15, -0.1) is 0 Å². The molecule has 3 aromatic heterocycles. The number of aliphatic carboxylic acids is 1. The van der Waals surface area contributed by atoms with Gasteiger partial charge in [-0.3, -0.25) is 9.78 Å². The fraction of sp³-hybridized carbons (Fsp3) is 0.368. The number of nitrogens with two attached hydrogens (primary N) is 1. The molecule has 1 aliphatic carbocycles. The van der Waals surface area contributed by atoms with Crippen molar-refractivity contribution in [1.29, 1.82) is 0 Å². The van der Waals surface area contributed by atoms with Gasteiger partial charge in [-0.1, -0.05) is 0 Å². The van der Waals surface area contributed by atoms with Crippen LogP contribution in [0.4, 0.5) is 5.82 Å². The van der Waals surface area contributed by atoms with Crippen molar-refractivity contribution in [2.45, 2.75) is 38.5 Å². The van der Waals surface area contributed by atoms with E-state index in [4.69, 9.17) is 10.7 Å². The van der Waals surface area contributed by atoms with Crippen molar-refractivity contribution >= 4 is 33.4 Å². The molecule has 4 rings (SSSR count). The molecule has 1 fully saturated rings. The topological polar surface area (TPSA) is 106 Å². The van der Waals surface area contributed by atoms with E-state index in [2.05, 4.69) is 26.0 Å². The second-order valence-electron chi connectivity index (χ2n) is 7.13. The summed E-state index contributed by atoms with van der Waals surface area (Å²) in [6.07, 6.45) is 8.25. The number of carbonyl (C=O) groups is 1. The molecule has 27 heavy (non-hydrogen) atoms. The highest BCUT2D eigenvalue weighted by Crippen LogP contribution is 2.40. The predicted octanol–water partition coefficient (Wildman–Crippen LogP) is 3.80. The predicted molar refractivity (Wildman–Crippen MR) is 105 cm³/mol. The zero-order valence-electron chi connectivity index (χ0n) is 14.9. The fourth-order valence-electron chi connectivity index (χ4n) is 3.80. The first-order chi connectivity index (χ1) is 13.0. The Morgan fingerprint density at radius 3 is 2.67 bits per heavy atom. The van der Waals surface area contributed by atoms with Crippen LogP contribution in [0.15, 0.2) is 29.1 Å². The van der Waals surface area contributed by atoms with Gasteiger partial charge in [-0.05, 0) is 60.2 Å². The van der Waals surface area contributed by atoms with Crippen LogP contribution < -0.4 is 5.73 Å². The number of aryl methyl sites for hydroxylation is 1. The monoisotopic (exact) mass is 429 g/mol. The van der Waals surface area contributed by atoms with E-state index in [-0.39, 0.29) is 11.8 Å². The number of pyridine rings is 1. The molecule has 0 radical (unpaired) electrons. The molecule has 0 aromatic carbocycles. The first kappa shape index (κ1) is 17.9. The molecular formula is C19H20BrN5O2. The zero-order chi connectivity index (χ0) is 19.1. The van der Waals surface area contributed by atoms with Gasteiger partial charge in [0.15, 0.2) is 5.65 Å². The van der Waals surface area contributed by atoms with Gasteiger partial charge in [0.1, 0.15) is 5.82 Å². The number of hydrogen-bond donors (Lipinski definition) is 2. The largest absolute Gasteiger partial charge is 0.481 e. The van der Waals surface area contributed by atoms with E-state index in [9.17, 15) is 9.90 Å². The lowest BCUT2D eigenvalue weighted by molar-refractivity contribution is -0.142. The van der Waals surface area contributed by atoms with Crippen molar-refractivity contribution in [3.8, 4) is 11.1 Å². The van der Waals surface area contributed by atoms with E-state index in [1.807, 2.05) is 13.0 Å². The van der Waals surface area contributed by atoms with E-state index >= 15 is 0 Å². The fourth-order valence-corrected chi connectivity index (χ4v) is 4.38. The molecule has 0 saturated heterocycles. The summed E-state index contributed by atoms with van der Waals surface area (Å²) >= 11 is 3.58. The Labute approximate surface area is 164 Å². The number of halogens is 1. The second kappa shape index (κ2) is 6.92. The van der Waals surface area contributed by atoms with Crippen LogP contribution in [-0.4, -0.2) is 30.7 Å². The van der Waals surface area contributed by atoms with Gasteiger partial charge in [-0.25, -0.2) is 4.98 Å². The SMILES string of the molecule is Cc1cncc(-c2cnn3c(N)c(Br)c(C4CCC(C(=O)O)CC4)nc23)c1. The highest BCUT2D eigenvalue weighted by molar-refractivity contribution is 9.10. The first-order valence-corrected chi connectivity index (χ1v) is 9.72. The Bertz CT molecular complexity index is 1020. The van der Waals surface area contributed by atoms with Crippen molar-refractivity contribution in [2.24, 2.45) is 5.92 Å². The minimum Gasteiger partial charge on any atom is -0.481 e. The molecule has 0 amide bonds. The molecule has 1 aliphatic rings. The molecule has 3 N–H and O–H groups in total. The average Bonchev–Trinajstić information content (AvgIpc) is 3.09. The molecule has 7 nitrogen and oxygen atoms in total. The molecule has 8 heteroatoms. The quantitative estimate of drug-likeness (QED) is 0.655. The number of nitrogen functional groups attached to an aromatic ring is 1. The van der Waals surface area contributed by atoms with Gasteiger partial charge in [0, 0.05) is 29.4 Å². The Balaban J connectivity index is 1.77. The molecule has 0 spiro atoms. The van der Waals surface area contributed by atoms with Crippen LogP contribution in [0.3, 0.4) is 0 Å². The van der Waals surface area contributed by atoms with Crippen molar-refractivity contribution in [3.63, 3.8) is 0 Å². The van der Waals surface area contributed by atoms with Gasteiger partial charge in [0.05, 0.1) is 22.3 Å². The number of fused-ring (bicyclic) bond motifs is 1. The van der Waals surface area contributed by atoms with Crippen molar-refractivity contribution in [2.75, 3.05) is 5.73 Å². The third-order valence-corrected chi connectivity index (χ3v) is 6.11. The molecule has 0 aliphatic heterocycles. The number of anilines is 1. The van der Waals surface area contributed by atoms with E-state index < -0.39 is 5.97 Å². The second-order valence-corrected chi connectivity index (χ2v) is 7.92. The van der Waals surface area contributed by atoms with Gasteiger partial charge < -0.3 is 10.8 Å². The summed E-state index contributed by atoms with van der Waals surface area (Å²) in [6.45, 7) is 1.99. The van der Waals surface area contributed by atoms with Crippen LogP contribution in [0.1, 0.15) is 42.9 Å². The molecule has 0 bridgehead atoms. The summed E-state index contributed by atoms with van der Waals surface area (Å²) in [4.78, 5) is 20.4. The maximum absolute atomic E-state index is 11.2. The summed E-state index contributed by atoms with van der Waals surface area (Å²) in [7, 11) is 0. The van der Waals surface area contributed by atoms with Crippen molar-refractivity contribution in [3.05, 3.63) is 40.4 Å². The summed E-state index contributed by atoms with van der Waals surface area (Å²) in [5.74, 6) is -0.284. The number of aromatic nitrogens is 4. The number of rotatable bonds is 3. The lowest BCUT2D eigenvalue weighted by Crippen LogP contribution is -2.21. The standard InChI is InChI=1S/C19H20BrN5O2/c1-10-6-13(8-22-7-10)14-9-23-25-17(21)15(20)16(24-18(14)25)11-2-4-12(5-3-11)19(26)27/h6-9,11-12H,2-5,21H2,1H3,(H,26,27). The van der Waals surface area contributed by atoms with E-state index in [1.165, 1.54) is 0 Å². The first-order valence-electron chi connectivity index (χ1n) is 8.93. The van der Waals surface area contributed by atoms with E-state index in [0.29, 0.717) is 24.3 Å². The third kappa shape index (κ3) is 3.18. The lowest BCUT2D eigenvalue weighted by atomic mass is 9.80. The maximum atomic E-state index is 11.2. The molecule has 0 unspecified atom stereocenters. The van der Waals surface area contributed by atoms with Crippen LogP contribution in [0.5, 0.6) is 0 Å². The third-order valence-electron chi connectivity index (χ3n) is 5.30. The molecule has 3 aromatic rings. The van der Waals surface area contributed by atoms with Gasteiger partial charge in [0.25, 0.3) is 0 Å². The molecule has 3 heterocycles. The van der Waals surface area contributed by atoms with Gasteiger partial charge in [-0.2, -0.15) is 9.61 Å². The van der Waals surface area contributed by atoms with Crippen LogP contribution in [0.2, 0.25) is 0 Å². The Hall–Kier alpha value is -2.48. The highest BCUT2D eigenvalue weighted by atomic mass is 79.9. The minimum absolute atomic E-state index is 0.181. The van der Waals surface area contributed by atoms with Gasteiger partial charge in [0.2, 0.25) is 0 Å². The van der Waals surface area contributed by atoms with E-state index in [0.717, 1.165) is 39.7 Å². The van der Waals surface area contributed by atoms with Crippen LogP contribution >= 0.6 is 15.9 Å². The zero-order valence-corrected chi connectivity index (χ0v) is 16.5. The van der Waals surface area contributed by atoms with Crippen LogP contribution in [0.25, 0.3) is 16.8 Å². The summed E-state index contributed by atoms with van der Waals surface area (Å²) in [6, 6.07) is 2.04. The Kier molecular flexibility index (Phi) is 4.59. The number of hydrogen-bond acceptors (Lipinski definition) is 5. The summed E-state index contributed by atoms with van der Waals surface area (Å²) < 4.78 is 2.37. The highest BCUT2D eigenvalue weighted by Gasteiger charge is 2.30. The van der Waals surface area contributed by atoms with Crippen LogP contribution in [-0.2, 0) is 4.79 Å². The van der Waals surface area contributed by atoms with E-state index in [1.54, 1.807) is 23.1 Å². The lowest BCUT2D eigenvalue weighted by Gasteiger charge is -2.26. The smallest absolute Gasteiger partial charge is 0.306 e. The Morgan fingerprint density at radius 2 is 2.00 bits per heavy atom. The van der Waals surface area contributed by atoms with Crippen LogP contribution in [0, 0.1) is 12.8 Å². The molecule has 140 valence electrons. The molecule has 1 saturated carbocycles. The van der Waals surface area contributed by atoms with Gasteiger partial charge >= 0.3 is 5.97 Å². The van der Waals surface area contributed by atoms with Crippen molar-refractivity contribution < 1.29 is 9.90 Å². The number of carboxylic acids is 1. The summed E-state index contributed by atoms with van der Waals surface area (Å²) in [5, 5.41) is 13.6.